The van der Waals surface area contributed by atoms with E-state index in [2.05, 4.69) is 13.8 Å². The zero-order valence-corrected chi connectivity index (χ0v) is 11.5. The number of amides is 1. The van der Waals surface area contributed by atoms with E-state index in [9.17, 15) is 4.79 Å². The van der Waals surface area contributed by atoms with Crippen LogP contribution in [-0.2, 0) is 16.1 Å². The third-order valence-electron chi connectivity index (χ3n) is 3.17. The van der Waals surface area contributed by atoms with Crippen LogP contribution in [0.3, 0.4) is 0 Å². The van der Waals surface area contributed by atoms with Crippen LogP contribution in [0.5, 0.6) is 0 Å². The number of furan rings is 1. The maximum Gasteiger partial charge on any atom is 0.226 e. The van der Waals surface area contributed by atoms with E-state index in [1.807, 2.05) is 11.0 Å². The second-order valence-electron chi connectivity index (χ2n) is 4.40. The lowest BCUT2D eigenvalue weighted by atomic mass is 10.0. The minimum absolute atomic E-state index is 0.105. The highest BCUT2D eigenvalue weighted by Crippen LogP contribution is 2.14. The average Bonchev–Trinajstić information content (AvgIpc) is 2.88. The minimum atomic E-state index is 0.105. The topological polar surface area (TPSA) is 42.7 Å². The van der Waals surface area contributed by atoms with Crippen molar-refractivity contribution in [3.63, 3.8) is 0 Å². The molecule has 0 atom stereocenters. The number of methoxy groups -OCH3 is 1. The van der Waals surface area contributed by atoms with Gasteiger partial charge in [-0.3, -0.25) is 4.79 Å². The van der Waals surface area contributed by atoms with Gasteiger partial charge in [0.05, 0.1) is 19.1 Å². The molecule has 1 aromatic heterocycles. The first-order valence-electron chi connectivity index (χ1n) is 6.51. The van der Waals surface area contributed by atoms with Crippen LogP contribution in [0.25, 0.3) is 0 Å². The molecule has 0 saturated heterocycles. The van der Waals surface area contributed by atoms with E-state index in [1.165, 1.54) is 0 Å². The van der Waals surface area contributed by atoms with E-state index in [4.69, 9.17) is 9.15 Å². The van der Waals surface area contributed by atoms with Crippen LogP contribution in [0, 0.1) is 5.92 Å². The van der Waals surface area contributed by atoms with Crippen LogP contribution in [0.4, 0.5) is 0 Å². The van der Waals surface area contributed by atoms with E-state index >= 15 is 0 Å². The first kappa shape index (κ1) is 14.8. The fourth-order valence-electron chi connectivity index (χ4n) is 1.97. The van der Waals surface area contributed by atoms with E-state index < -0.39 is 0 Å². The molecule has 1 rings (SSSR count). The molecular formula is C14H23NO3. The Balaban J connectivity index is 2.67. The van der Waals surface area contributed by atoms with Gasteiger partial charge in [-0.15, -0.1) is 0 Å². The quantitative estimate of drug-likeness (QED) is 0.715. The van der Waals surface area contributed by atoms with E-state index in [0.717, 1.165) is 18.4 Å². The Hall–Kier alpha value is -1.29. The number of ether oxygens (including phenoxy) is 1. The lowest BCUT2D eigenvalue weighted by molar-refractivity contribution is -0.137. The van der Waals surface area contributed by atoms with Gasteiger partial charge in [0.1, 0.15) is 0 Å². The predicted molar refractivity (Wildman–Crippen MR) is 70.1 cm³/mol. The molecule has 0 bridgehead atoms. The van der Waals surface area contributed by atoms with Crippen molar-refractivity contribution in [1.82, 2.24) is 4.90 Å². The van der Waals surface area contributed by atoms with Gasteiger partial charge in [0, 0.05) is 31.7 Å². The molecule has 0 aliphatic rings. The van der Waals surface area contributed by atoms with Crippen molar-refractivity contribution in [2.75, 3.05) is 20.3 Å². The first-order chi connectivity index (χ1) is 8.72. The summed E-state index contributed by atoms with van der Waals surface area (Å²) in [6.45, 7) is 5.88. The summed E-state index contributed by atoms with van der Waals surface area (Å²) in [4.78, 5) is 14.2. The van der Waals surface area contributed by atoms with Gasteiger partial charge in [-0.2, -0.15) is 0 Å². The smallest absolute Gasteiger partial charge is 0.226 e. The van der Waals surface area contributed by atoms with Crippen molar-refractivity contribution in [2.24, 2.45) is 5.92 Å². The van der Waals surface area contributed by atoms with Crippen LogP contribution in [0.1, 0.15) is 32.3 Å². The molecule has 0 saturated carbocycles. The van der Waals surface area contributed by atoms with Gasteiger partial charge in [0.2, 0.25) is 5.91 Å². The Morgan fingerprint density at radius 3 is 2.67 bits per heavy atom. The zero-order valence-electron chi connectivity index (χ0n) is 11.5. The Labute approximate surface area is 109 Å². The molecule has 1 amide bonds. The normalized spacial score (nSPS) is 10.9. The van der Waals surface area contributed by atoms with Gasteiger partial charge >= 0.3 is 0 Å². The molecule has 0 radical (unpaired) electrons. The highest BCUT2D eigenvalue weighted by Gasteiger charge is 2.21. The number of hydrogen-bond acceptors (Lipinski definition) is 3. The van der Waals surface area contributed by atoms with Crippen LogP contribution in [0.15, 0.2) is 23.0 Å². The Morgan fingerprint density at radius 1 is 1.44 bits per heavy atom. The van der Waals surface area contributed by atoms with Crippen LogP contribution >= 0.6 is 0 Å². The highest BCUT2D eigenvalue weighted by atomic mass is 16.5. The number of nitrogens with zero attached hydrogens (tertiary/aromatic N) is 1. The number of carbonyl (C=O) groups excluding carboxylic acids is 1. The fraction of sp³-hybridized carbons (Fsp3) is 0.643. The van der Waals surface area contributed by atoms with E-state index in [1.54, 1.807) is 19.6 Å². The van der Waals surface area contributed by atoms with E-state index in [-0.39, 0.29) is 11.8 Å². The molecule has 18 heavy (non-hydrogen) atoms. The Kier molecular flexibility index (Phi) is 6.50. The molecular weight excluding hydrogens is 230 g/mol. The van der Waals surface area contributed by atoms with Gasteiger partial charge in [0.25, 0.3) is 0 Å². The third-order valence-corrected chi connectivity index (χ3v) is 3.17. The molecule has 0 spiro atoms. The van der Waals surface area contributed by atoms with Crippen molar-refractivity contribution in [3.05, 3.63) is 24.2 Å². The average molecular weight is 253 g/mol. The van der Waals surface area contributed by atoms with Crippen LogP contribution < -0.4 is 0 Å². The molecule has 0 unspecified atom stereocenters. The summed E-state index contributed by atoms with van der Waals surface area (Å²) >= 11 is 0. The summed E-state index contributed by atoms with van der Waals surface area (Å²) < 4.78 is 10.1. The van der Waals surface area contributed by atoms with Crippen molar-refractivity contribution >= 4 is 5.91 Å². The maximum atomic E-state index is 12.4. The Morgan fingerprint density at radius 2 is 2.17 bits per heavy atom. The van der Waals surface area contributed by atoms with Crippen molar-refractivity contribution in [2.45, 2.75) is 33.2 Å². The van der Waals surface area contributed by atoms with E-state index in [0.29, 0.717) is 19.7 Å². The number of hydrogen-bond donors (Lipinski definition) is 0. The highest BCUT2D eigenvalue weighted by molar-refractivity contribution is 5.78. The molecule has 0 N–H and O–H groups in total. The maximum absolute atomic E-state index is 12.4. The van der Waals surface area contributed by atoms with Gasteiger partial charge in [0.15, 0.2) is 0 Å². The Bertz CT molecular complexity index is 331. The largest absolute Gasteiger partial charge is 0.472 e. The monoisotopic (exact) mass is 253 g/mol. The van der Waals surface area contributed by atoms with Crippen molar-refractivity contribution in [3.8, 4) is 0 Å². The second-order valence-corrected chi connectivity index (χ2v) is 4.40. The summed E-state index contributed by atoms with van der Waals surface area (Å²) in [5, 5.41) is 0. The molecule has 1 heterocycles. The summed E-state index contributed by atoms with van der Waals surface area (Å²) in [5.74, 6) is 0.312. The first-order valence-corrected chi connectivity index (χ1v) is 6.51. The molecule has 4 nitrogen and oxygen atoms in total. The SMILES string of the molecule is CCC(CC)C(=O)N(CCOC)Cc1ccoc1. The minimum Gasteiger partial charge on any atom is -0.472 e. The van der Waals surface area contributed by atoms with Gasteiger partial charge in [-0.1, -0.05) is 13.8 Å². The predicted octanol–water partition coefficient (Wildman–Crippen LogP) is 2.69. The molecule has 0 aliphatic heterocycles. The summed E-state index contributed by atoms with van der Waals surface area (Å²) in [7, 11) is 1.65. The number of rotatable bonds is 8. The molecule has 0 fully saturated rings. The summed E-state index contributed by atoms with van der Waals surface area (Å²) in [6.07, 6.45) is 5.07. The van der Waals surface area contributed by atoms with Gasteiger partial charge in [-0.25, -0.2) is 0 Å². The van der Waals surface area contributed by atoms with Crippen LogP contribution in [-0.4, -0.2) is 31.1 Å². The zero-order chi connectivity index (χ0) is 13.4. The molecule has 102 valence electrons. The molecule has 0 aromatic carbocycles. The summed E-state index contributed by atoms with van der Waals surface area (Å²) in [6, 6.07) is 1.89. The fourth-order valence-corrected chi connectivity index (χ4v) is 1.97. The third kappa shape index (κ3) is 4.18. The van der Waals surface area contributed by atoms with Gasteiger partial charge in [-0.05, 0) is 18.9 Å². The van der Waals surface area contributed by atoms with Crippen molar-refractivity contribution in [1.29, 1.82) is 0 Å². The lowest BCUT2D eigenvalue weighted by Gasteiger charge is -2.25. The molecule has 1 aromatic rings. The second kappa shape index (κ2) is 7.93. The lowest BCUT2D eigenvalue weighted by Crippen LogP contribution is -2.37. The number of carbonyl (C=O) groups is 1. The van der Waals surface area contributed by atoms with Gasteiger partial charge < -0.3 is 14.1 Å². The molecule has 0 aliphatic carbocycles. The summed E-state index contributed by atoms with van der Waals surface area (Å²) in [5.41, 5.74) is 1.02. The standard InChI is InChI=1S/C14H23NO3/c1-4-13(5-2)14(16)15(7-9-17-3)10-12-6-8-18-11-12/h6,8,11,13H,4-5,7,9-10H2,1-3H3. The van der Waals surface area contributed by atoms with Crippen molar-refractivity contribution < 1.29 is 13.9 Å². The molecule has 4 heteroatoms. The van der Waals surface area contributed by atoms with Crippen LogP contribution in [0.2, 0.25) is 0 Å².